The molecule has 0 N–H and O–H groups in total. The fraction of sp³-hybridized carbons (Fsp3) is 0.250. The molecule has 0 saturated heterocycles. The molecule has 7 heteroatoms. The van der Waals surface area contributed by atoms with Crippen LogP contribution in [-0.4, -0.2) is 25.1 Å². The van der Waals surface area contributed by atoms with Crippen LogP contribution in [0, 0.1) is 5.82 Å². The first-order valence-electron chi connectivity index (χ1n) is 3.90. The molecule has 0 aliphatic carbocycles. The van der Waals surface area contributed by atoms with Crippen molar-refractivity contribution in [2.45, 2.75) is 4.90 Å². The van der Waals surface area contributed by atoms with E-state index in [9.17, 15) is 17.0 Å². The van der Waals surface area contributed by atoms with E-state index in [-0.39, 0.29) is 0 Å². The van der Waals surface area contributed by atoms with Gasteiger partial charge in [-0.3, -0.25) is 0 Å². The molecule has 1 aromatic carbocycles. The predicted octanol–water partition coefficient (Wildman–Crippen LogP) is 1.24. The monoisotopic (exact) mass is 251 g/mol. The molecule has 84 valence electrons. The molecule has 0 amide bonds. The standard InChI is InChI=1S/C8H10FNO3S2/c1-14(2,11)10-15(12,13)8-6-4-3-5-7(8)9/h3-6H,1-2H3. The van der Waals surface area contributed by atoms with Crippen LogP contribution in [-0.2, 0) is 19.8 Å². The third kappa shape index (κ3) is 3.28. The van der Waals surface area contributed by atoms with Crippen molar-refractivity contribution in [3.8, 4) is 0 Å². The van der Waals surface area contributed by atoms with Gasteiger partial charge in [-0.1, -0.05) is 12.1 Å². The topological polar surface area (TPSA) is 63.6 Å². The van der Waals surface area contributed by atoms with E-state index in [2.05, 4.69) is 3.77 Å². The molecular formula is C8H10FNO3S2. The van der Waals surface area contributed by atoms with Crippen molar-refractivity contribution in [2.24, 2.45) is 3.77 Å². The highest BCUT2D eigenvalue weighted by atomic mass is 32.3. The molecule has 1 aromatic rings. The molecule has 0 aliphatic rings. The Kier molecular flexibility index (Phi) is 3.15. The molecular weight excluding hydrogens is 241 g/mol. The van der Waals surface area contributed by atoms with Crippen LogP contribution in [0.2, 0.25) is 0 Å². The number of benzene rings is 1. The van der Waals surface area contributed by atoms with Crippen molar-refractivity contribution >= 4 is 19.8 Å². The molecule has 1 rings (SSSR count). The average Bonchev–Trinajstić information content (AvgIpc) is 1.99. The Morgan fingerprint density at radius 1 is 1.13 bits per heavy atom. The van der Waals surface area contributed by atoms with Crippen LogP contribution >= 0.6 is 0 Å². The second-order valence-electron chi connectivity index (χ2n) is 3.16. The molecule has 0 saturated carbocycles. The molecule has 0 bridgehead atoms. The van der Waals surface area contributed by atoms with Gasteiger partial charge in [0, 0.05) is 12.5 Å². The van der Waals surface area contributed by atoms with Crippen LogP contribution in [0.3, 0.4) is 0 Å². The van der Waals surface area contributed by atoms with Gasteiger partial charge in [-0.2, -0.15) is 8.42 Å². The lowest BCUT2D eigenvalue weighted by Crippen LogP contribution is -2.04. The van der Waals surface area contributed by atoms with Gasteiger partial charge in [-0.15, -0.1) is 3.77 Å². The molecule has 0 radical (unpaired) electrons. The highest BCUT2D eigenvalue weighted by Gasteiger charge is 2.18. The summed E-state index contributed by atoms with van der Waals surface area (Å²) in [5.41, 5.74) is 0. The minimum atomic E-state index is -4.17. The maximum atomic E-state index is 13.1. The number of rotatable bonds is 2. The Morgan fingerprint density at radius 2 is 1.67 bits per heavy atom. The van der Waals surface area contributed by atoms with Gasteiger partial charge in [0.25, 0.3) is 10.0 Å². The molecule has 0 fully saturated rings. The SMILES string of the molecule is CS(C)(=O)=NS(=O)(=O)c1ccccc1F. The van der Waals surface area contributed by atoms with Gasteiger partial charge in [0.2, 0.25) is 0 Å². The molecule has 4 nitrogen and oxygen atoms in total. The lowest BCUT2D eigenvalue weighted by molar-refractivity contribution is 0.568. The highest BCUT2D eigenvalue weighted by Crippen LogP contribution is 2.16. The third-order valence-corrected chi connectivity index (χ3v) is 4.50. The first-order chi connectivity index (χ1) is 6.72. The van der Waals surface area contributed by atoms with Gasteiger partial charge in [0.05, 0.1) is 9.73 Å². The highest BCUT2D eigenvalue weighted by molar-refractivity contribution is 8.02. The summed E-state index contributed by atoms with van der Waals surface area (Å²) in [5, 5.41) is 0. The largest absolute Gasteiger partial charge is 0.292 e. The van der Waals surface area contributed by atoms with Crippen LogP contribution in [0.4, 0.5) is 4.39 Å². The van der Waals surface area contributed by atoms with E-state index in [0.717, 1.165) is 12.1 Å². The number of hydrogen-bond acceptors (Lipinski definition) is 3. The van der Waals surface area contributed by atoms with Crippen molar-refractivity contribution in [2.75, 3.05) is 12.5 Å². The van der Waals surface area contributed by atoms with Gasteiger partial charge in [-0.05, 0) is 12.1 Å². The predicted molar refractivity (Wildman–Crippen MR) is 56.0 cm³/mol. The number of nitrogens with zero attached hydrogens (tertiary/aromatic N) is 1. The zero-order chi connectivity index (χ0) is 11.7. The molecule has 0 unspecified atom stereocenters. The van der Waals surface area contributed by atoms with Crippen molar-refractivity contribution in [1.82, 2.24) is 0 Å². The van der Waals surface area contributed by atoms with Crippen molar-refractivity contribution < 1.29 is 17.0 Å². The minimum Gasteiger partial charge on any atom is -0.249 e. The van der Waals surface area contributed by atoms with Gasteiger partial charge < -0.3 is 0 Å². The number of sulfonamides is 1. The summed E-state index contributed by atoms with van der Waals surface area (Å²) in [6.45, 7) is 0. The quantitative estimate of drug-likeness (QED) is 0.794. The Labute approximate surface area is 88.4 Å². The van der Waals surface area contributed by atoms with E-state index in [0.29, 0.717) is 0 Å². The third-order valence-electron chi connectivity index (χ3n) is 1.39. The van der Waals surface area contributed by atoms with Crippen molar-refractivity contribution in [1.29, 1.82) is 0 Å². The molecule has 0 atom stereocenters. The van der Waals surface area contributed by atoms with Crippen LogP contribution in [0.25, 0.3) is 0 Å². The van der Waals surface area contributed by atoms with Crippen LogP contribution in [0.5, 0.6) is 0 Å². The van der Waals surface area contributed by atoms with Crippen molar-refractivity contribution in [3.05, 3.63) is 30.1 Å². The zero-order valence-electron chi connectivity index (χ0n) is 8.18. The maximum absolute atomic E-state index is 13.1. The minimum absolute atomic E-state index is 0.554. The fourth-order valence-electron chi connectivity index (χ4n) is 0.930. The summed E-state index contributed by atoms with van der Waals surface area (Å²) in [6.07, 6.45) is 2.34. The Balaban J connectivity index is 3.45. The number of halogens is 1. The molecule has 0 spiro atoms. The summed E-state index contributed by atoms with van der Waals surface area (Å²) in [4.78, 5) is -0.554. The second-order valence-corrected chi connectivity index (χ2v) is 7.51. The van der Waals surface area contributed by atoms with Crippen LogP contribution < -0.4 is 0 Å². The van der Waals surface area contributed by atoms with E-state index < -0.39 is 30.5 Å². The van der Waals surface area contributed by atoms with E-state index in [4.69, 9.17) is 0 Å². The average molecular weight is 251 g/mol. The first kappa shape index (κ1) is 12.1. The summed E-state index contributed by atoms with van der Waals surface area (Å²) in [6, 6.07) is 4.83. The summed E-state index contributed by atoms with van der Waals surface area (Å²) < 4.78 is 50.4. The lowest BCUT2D eigenvalue weighted by Gasteiger charge is -2.00. The van der Waals surface area contributed by atoms with Gasteiger partial charge in [0.1, 0.15) is 10.7 Å². The van der Waals surface area contributed by atoms with Crippen LogP contribution in [0.15, 0.2) is 32.9 Å². The maximum Gasteiger partial charge on any atom is 0.292 e. The Bertz CT molecular complexity index is 578. The molecule has 0 aromatic heterocycles. The molecule has 0 heterocycles. The normalized spacial score (nSPS) is 12.5. The Hall–Kier alpha value is -0.950. The molecule has 0 aliphatic heterocycles. The smallest absolute Gasteiger partial charge is 0.249 e. The summed E-state index contributed by atoms with van der Waals surface area (Å²) >= 11 is 0. The lowest BCUT2D eigenvalue weighted by atomic mass is 10.4. The summed E-state index contributed by atoms with van der Waals surface area (Å²) in [7, 11) is -7.00. The zero-order valence-corrected chi connectivity index (χ0v) is 9.81. The number of hydrogen-bond donors (Lipinski definition) is 0. The first-order valence-corrected chi connectivity index (χ1v) is 7.67. The van der Waals surface area contributed by atoms with E-state index >= 15 is 0 Å². The van der Waals surface area contributed by atoms with Gasteiger partial charge >= 0.3 is 0 Å². The summed E-state index contributed by atoms with van der Waals surface area (Å²) in [5.74, 6) is -0.898. The molecule has 15 heavy (non-hydrogen) atoms. The van der Waals surface area contributed by atoms with Crippen molar-refractivity contribution in [3.63, 3.8) is 0 Å². The second kappa shape index (κ2) is 3.90. The van der Waals surface area contributed by atoms with Gasteiger partial charge in [0.15, 0.2) is 0 Å². The van der Waals surface area contributed by atoms with E-state index in [1.165, 1.54) is 24.6 Å². The Morgan fingerprint density at radius 3 is 2.13 bits per heavy atom. The van der Waals surface area contributed by atoms with E-state index in [1.54, 1.807) is 0 Å². The van der Waals surface area contributed by atoms with E-state index in [1.807, 2.05) is 0 Å². The van der Waals surface area contributed by atoms with Crippen LogP contribution in [0.1, 0.15) is 0 Å². The fourth-order valence-corrected chi connectivity index (χ4v) is 3.71. The van der Waals surface area contributed by atoms with Gasteiger partial charge in [-0.25, -0.2) is 8.60 Å².